The molecule has 1 aromatic heterocycles. The molecule has 0 atom stereocenters. The Balaban J connectivity index is 1.80. The monoisotopic (exact) mass is 262 g/mol. The molecule has 0 fully saturated rings. The molecule has 0 saturated carbocycles. The number of hydrogen-bond donors (Lipinski definition) is 0. The van der Waals surface area contributed by atoms with E-state index >= 15 is 0 Å². The summed E-state index contributed by atoms with van der Waals surface area (Å²) in [5, 5.41) is 1.04. The molecule has 0 N–H and O–H groups in total. The minimum atomic E-state index is 0.665. The smallest absolute Gasteiger partial charge is 0.185 e. The molecule has 0 aliphatic heterocycles. The maximum Gasteiger partial charge on any atom is 0.185 e. The number of thiazole rings is 1. The number of anilines is 1. The van der Waals surface area contributed by atoms with E-state index in [1.54, 1.807) is 11.3 Å². The Morgan fingerprint density at radius 3 is 2.56 bits per heavy atom. The second-order valence-electron chi connectivity index (χ2n) is 4.34. The molecule has 96 valence electrons. The highest BCUT2D eigenvalue weighted by atomic mass is 32.1. The fourth-order valence-corrected chi connectivity index (χ4v) is 2.30. The van der Waals surface area contributed by atoms with Crippen molar-refractivity contribution in [2.24, 2.45) is 0 Å². The molecule has 0 unspecified atom stereocenters. The SMILES string of the molecule is Cc1ccc(OCCN(C)c2ncc(C)s2)cc1. The fourth-order valence-electron chi connectivity index (χ4n) is 1.55. The number of ether oxygens (including phenoxy) is 1. The molecule has 0 saturated heterocycles. The first-order valence-corrected chi connectivity index (χ1v) is 6.80. The van der Waals surface area contributed by atoms with E-state index in [-0.39, 0.29) is 0 Å². The van der Waals surface area contributed by atoms with Gasteiger partial charge in [0.25, 0.3) is 0 Å². The van der Waals surface area contributed by atoms with Crippen LogP contribution in [-0.4, -0.2) is 25.2 Å². The topological polar surface area (TPSA) is 25.4 Å². The summed E-state index contributed by atoms with van der Waals surface area (Å²) in [6.07, 6.45) is 1.90. The van der Waals surface area contributed by atoms with Crippen molar-refractivity contribution in [2.45, 2.75) is 13.8 Å². The van der Waals surface area contributed by atoms with Crippen LogP contribution < -0.4 is 9.64 Å². The van der Waals surface area contributed by atoms with Gasteiger partial charge in [0.05, 0.1) is 6.54 Å². The number of aromatic nitrogens is 1. The molecule has 4 heteroatoms. The van der Waals surface area contributed by atoms with Gasteiger partial charge in [0.15, 0.2) is 5.13 Å². The van der Waals surface area contributed by atoms with Crippen molar-refractivity contribution in [2.75, 3.05) is 25.1 Å². The Morgan fingerprint density at radius 2 is 1.94 bits per heavy atom. The van der Waals surface area contributed by atoms with Crippen LogP contribution in [0.15, 0.2) is 30.5 Å². The number of rotatable bonds is 5. The van der Waals surface area contributed by atoms with Crippen LogP contribution in [0.1, 0.15) is 10.4 Å². The zero-order valence-electron chi connectivity index (χ0n) is 11.0. The van der Waals surface area contributed by atoms with Gasteiger partial charge in [0, 0.05) is 18.1 Å². The highest BCUT2D eigenvalue weighted by molar-refractivity contribution is 7.15. The first kappa shape index (κ1) is 12.9. The lowest BCUT2D eigenvalue weighted by atomic mass is 10.2. The van der Waals surface area contributed by atoms with Crippen molar-refractivity contribution in [1.82, 2.24) is 4.98 Å². The predicted octanol–water partition coefficient (Wildman–Crippen LogP) is 3.28. The van der Waals surface area contributed by atoms with Crippen molar-refractivity contribution in [1.29, 1.82) is 0 Å². The molecule has 1 heterocycles. The minimum absolute atomic E-state index is 0.665. The maximum absolute atomic E-state index is 5.70. The Bertz CT molecular complexity index is 493. The van der Waals surface area contributed by atoms with Gasteiger partial charge in [-0.3, -0.25) is 0 Å². The third-order valence-corrected chi connectivity index (χ3v) is 3.68. The summed E-state index contributed by atoms with van der Waals surface area (Å²) in [7, 11) is 2.04. The van der Waals surface area contributed by atoms with Crippen molar-refractivity contribution in [3.63, 3.8) is 0 Å². The van der Waals surface area contributed by atoms with Crippen molar-refractivity contribution in [3.8, 4) is 5.75 Å². The predicted molar refractivity (Wildman–Crippen MR) is 76.8 cm³/mol. The summed E-state index contributed by atoms with van der Waals surface area (Å²) in [4.78, 5) is 7.69. The van der Waals surface area contributed by atoms with Crippen LogP contribution in [0.3, 0.4) is 0 Å². The van der Waals surface area contributed by atoms with E-state index in [1.807, 2.05) is 25.4 Å². The molecule has 1 aromatic carbocycles. The van der Waals surface area contributed by atoms with Gasteiger partial charge >= 0.3 is 0 Å². The van der Waals surface area contributed by atoms with Crippen LogP contribution in [-0.2, 0) is 0 Å². The van der Waals surface area contributed by atoms with Gasteiger partial charge in [0.1, 0.15) is 12.4 Å². The third kappa shape index (κ3) is 3.47. The summed E-state index contributed by atoms with van der Waals surface area (Å²) in [6.45, 7) is 5.64. The van der Waals surface area contributed by atoms with Crippen molar-refractivity contribution < 1.29 is 4.74 Å². The largest absolute Gasteiger partial charge is 0.492 e. The molecule has 0 bridgehead atoms. The van der Waals surface area contributed by atoms with E-state index < -0.39 is 0 Å². The number of nitrogens with zero attached hydrogens (tertiary/aromatic N) is 2. The molecule has 18 heavy (non-hydrogen) atoms. The summed E-state index contributed by atoms with van der Waals surface area (Å²) in [6, 6.07) is 8.12. The molecule has 0 aliphatic carbocycles. The van der Waals surface area contributed by atoms with Gasteiger partial charge in [-0.2, -0.15) is 0 Å². The van der Waals surface area contributed by atoms with Gasteiger partial charge in [0.2, 0.25) is 0 Å². The number of benzene rings is 1. The second kappa shape index (κ2) is 5.87. The molecule has 0 spiro atoms. The van der Waals surface area contributed by atoms with E-state index in [0.717, 1.165) is 17.4 Å². The maximum atomic E-state index is 5.70. The fraction of sp³-hybridized carbons (Fsp3) is 0.357. The van der Waals surface area contributed by atoms with E-state index in [1.165, 1.54) is 10.4 Å². The Kier molecular flexibility index (Phi) is 4.20. The lowest BCUT2D eigenvalue weighted by Crippen LogP contribution is -2.23. The molecule has 0 radical (unpaired) electrons. The Hall–Kier alpha value is -1.55. The summed E-state index contributed by atoms with van der Waals surface area (Å²) < 4.78 is 5.70. The van der Waals surface area contributed by atoms with Crippen LogP contribution in [0.4, 0.5) is 5.13 Å². The molecule has 0 amide bonds. The van der Waals surface area contributed by atoms with Gasteiger partial charge in [-0.15, -0.1) is 11.3 Å². The van der Waals surface area contributed by atoms with Gasteiger partial charge in [-0.25, -0.2) is 4.98 Å². The molecular formula is C14H18N2OS. The lowest BCUT2D eigenvalue weighted by molar-refractivity contribution is 0.326. The van der Waals surface area contributed by atoms with Crippen LogP contribution in [0.25, 0.3) is 0 Å². The highest BCUT2D eigenvalue weighted by Gasteiger charge is 2.04. The van der Waals surface area contributed by atoms with Crippen LogP contribution in [0, 0.1) is 13.8 Å². The standard InChI is InChI=1S/C14H18N2OS/c1-11-4-6-13(7-5-11)17-9-8-16(3)14-15-10-12(2)18-14/h4-7,10H,8-9H2,1-3H3. The molecular weight excluding hydrogens is 244 g/mol. The first-order chi connectivity index (χ1) is 8.65. The zero-order chi connectivity index (χ0) is 13.0. The zero-order valence-corrected chi connectivity index (χ0v) is 11.8. The molecule has 0 aliphatic rings. The summed E-state index contributed by atoms with van der Waals surface area (Å²) in [5.41, 5.74) is 1.25. The van der Waals surface area contributed by atoms with Crippen molar-refractivity contribution in [3.05, 3.63) is 40.9 Å². The molecule has 2 rings (SSSR count). The van der Waals surface area contributed by atoms with E-state index in [9.17, 15) is 0 Å². The Labute approximate surface area is 112 Å². The quantitative estimate of drug-likeness (QED) is 0.827. The van der Waals surface area contributed by atoms with Gasteiger partial charge in [-0.05, 0) is 26.0 Å². The number of aryl methyl sites for hydroxylation is 2. The summed E-state index contributed by atoms with van der Waals surface area (Å²) in [5.74, 6) is 0.921. The van der Waals surface area contributed by atoms with E-state index in [2.05, 4.69) is 35.9 Å². The average molecular weight is 262 g/mol. The molecule has 2 aromatic rings. The molecule has 3 nitrogen and oxygen atoms in total. The second-order valence-corrected chi connectivity index (χ2v) is 5.55. The van der Waals surface area contributed by atoms with E-state index in [4.69, 9.17) is 4.74 Å². The number of likely N-dealkylation sites (N-methyl/N-ethyl adjacent to an activating group) is 1. The summed E-state index contributed by atoms with van der Waals surface area (Å²) >= 11 is 1.70. The average Bonchev–Trinajstić information content (AvgIpc) is 2.78. The Morgan fingerprint density at radius 1 is 1.22 bits per heavy atom. The van der Waals surface area contributed by atoms with Crippen LogP contribution >= 0.6 is 11.3 Å². The number of hydrogen-bond acceptors (Lipinski definition) is 4. The van der Waals surface area contributed by atoms with Crippen molar-refractivity contribution >= 4 is 16.5 Å². The third-order valence-electron chi connectivity index (χ3n) is 2.65. The van der Waals surface area contributed by atoms with E-state index in [0.29, 0.717) is 6.61 Å². The lowest BCUT2D eigenvalue weighted by Gasteiger charge is -2.16. The van der Waals surface area contributed by atoms with Gasteiger partial charge < -0.3 is 9.64 Å². The normalized spacial score (nSPS) is 10.4. The van der Waals surface area contributed by atoms with Crippen LogP contribution in [0.5, 0.6) is 5.75 Å². The highest BCUT2D eigenvalue weighted by Crippen LogP contribution is 2.20. The minimum Gasteiger partial charge on any atom is -0.492 e. The van der Waals surface area contributed by atoms with Crippen LogP contribution in [0.2, 0.25) is 0 Å². The van der Waals surface area contributed by atoms with Gasteiger partial charge in [-0.1, -0.05) is 17.7 Å². The first-order valence-electron chi connectivity index (χ1n) is 5.98.